The third kappa shape index (κ3) is 6.29. The van der Waals surface area contributed by atoms with Crippen molar-refractivity contribution < 1.29 is 4.79 Å². The number of hydrogen-bond acceptors (Lipinski definition) is 5. The van der Waals surface area contributed by atoms with E-state index in [1.165, 1.54) is 24.9 Å². The van der Waals surface area contributed by atoms with Crippen molar-refractivity contribution in [1.82, 2.24) is 14.8 Å². The second-order valence-electron chi connectivity index (χ2n) is 9.72. The van der Waals surface area contributed by atoms with Crippen molar-refractivity contribution in [2.24, 2.45) is 5.92 Å². The van der Waals surface area contributed by atoms with Gasteiger partial charge in [0.25, 0.3) is 5.91 Å². The van der Waals surface area contributed by atoms with Gasteiger partial charge < -0.3 is 14.7 Å². The minimum atomic E-state index is 0.188. The molecule has 2 fully saturated rings. The van der Waals surface area contributed by atoms with Crippen molar-refractivity contribution in [2.75, 3.05) is 68.7 Å². The van der Waals surface area contributed by atoms with Crippen LogP contribution in [-0.2, 0) is 0 Å². The van der Waals surface area contributed by atoms with Gasteiger partial charge in [-0.1, -0.05) is 19.4 Å². The zero-order valence-corrected chi connectivity index (χ0v) is 21.0. The Balaban J connectivity index is 1.27. The molecule has 0 N–H and O–H groups in total. The van der Waals surface area contributed by atoms with Crippen LogP contribution in [-0.4, -0.2) is 79.6 Å². The van der Waals surface area contributed by atoms with Gasteiger partial charge in [0.2, 0.25) is 0 Å². The molecular weight excluding hydrogens is 422 g/mol. The molecule has 3 heterocycles. The van der Waals surface area contributed by atoms with Gasteiger partial charge in [-0.05, 0) is 68.5 Å². The minimum Gasteiger partial charge on any atom is -0.372 e. The van der Waals surface area contributed by atoms with Gasteiger partial charge in [0.05, 0.1) is 0 Å². The number of unbranched alkanes of at least 4 members (excludes halogenated alkanes) is 1. The molecule has 1 unspecified atom stereocenters. The molecule has 1 aromatic carbocycles. The number of amides is 1. The Labute approximate surface area is 205 Å². The summed E-state index contributed by atoms with van der Waals surface area (Å²) in [5.41, 5.74) is 2.04. The van der Waals surface area contributed by atoms with Crippen LogP contribution in [0.2, 0.25) is 0 Å². The van der Waals surface area contributed by atoms with Crippen LogP contribution in [0, 0.1) is 5.92 Å². The number of piperazine rings is 1. The van der Waals surface area contributed by atoms with E-state index in [0.29, 0.717) is 5.92 Å². The first-order valence-corrected chi connectivity index (χ1v) is 13.2. The highest BCUT2D eigenvalue weighted by molar-refractivity contribution is 5.94. The van der Waals surface area contributed by atoms with Crippen LogP contribution >= 0.6 is 0 Å². The van der Waals surface area contributed by atoms with Gasteiger partial charge in [-0.2, -0.15) is 0 Å². The van der Waals surface area contributed by atoms with Gasteiger partial charge in [-0.25, -0.2) is 4.98 Å². The third-order valence-electron chi connectivity index (χ3n) is 7.31. The van der Waals surface area contributed by atoms with E-state index in [1.54, 1.807) is 0 Å². The number of piperidine rings is 1. The number of likely N-dealkylation sites (tertiary alicyclic amines) is 1. The summed E-state index contributed by atoms with van der Waals surface area (Å²) in [5, 5.41) is 0. The normalized spacial score (nSPS) is 19.3. The highest BCUT2D eigenvalue weighted by Gasteiger charge is 2.27. The molecule has 0 spiro atoms. The van der Waals surface area contributed by atoms with Gasteiger partial charge in [0, 0.05) is 76.4 Å². The summed E-state index contributed by atoms with van der Waals surface area (Å²) in [7, 11) is 0. The Morgan fingerprint density at radius 1 is 1.03 bits per heavy atom. The van der Waals surface area contributed by atoms with E-state index >= 15 is 0 Å². The maximum atomic E-state index is 13.2. The number of hydrogen-bond donors (Lipinski definition) is 0. The van der Waals surface area contributed by atoms with E-state index in [9.17, 15) is 4.79 Å². The Bertz CT molecular complexity index is 879. The monoisotopic (exact) mass is 463 g/mol. The Morgan fingerprint density at radius 3 is 2.50 bits per heavy atom. The lowest BCUT2D eigenvalue weighted by Gasteiger charge is -2.39. The lowest BCUT2D eigenvalue weighted by Crippen LogP contribution is -2.50. The smallest absolute Gasteiger partial charge is 0.253 e. The second kappa shape index (κ2) is 12.2. The molecular formula is C28H41N5O. The summed E-state index contributed by atoms with van der Waals surface area (Å²) >= 11 is 0. The van der Waals surface area contributed by atoms with Crippen LogP contribution in [0.3, 0.4) is 0 Å². The first-order chi connectivity index (χ1) is 16.7. The molecule has 2 aromatic rings. The summed E-state index contributed by atoms with van der Waals surface area (Å²) in [4.78, 5) is 27.2. The highest BCUT2D eigenvalue weighted by Crippen LogP contribution is 2.23. The summed E-state index contributed by atoms with van der Waals surface area (Å²) in [5.74, 6) is 1.82. The topological polar surface area (TPSA) is 42.9 Å². The number of benzene rings is 1. The molecule has 0 radical (unpaired) electrons. The minimum absolute atomic E-state index is 0.188. The SMILES string of the molecule is CCCCN(CC)c1ccc(C(=O)N2CCCC(CN3CCN(c4ccccn4)CC3)C2)cc1. The van der Waals surface area contributed by atoms with E-state index in [1.807, 2.05) is 24.4 Å². The zero-order valence-electron chi connectivity index (χ0n) is 21.0. The fraction of sp³-hybridized carbons (Fsp3) is 0.571. The summed E-state index contributed by atoms with van der Waals surface area (Å²) in [6.07, 6.45) is 6.58. The molecule has 184 valence electrons. The second-order valence-corrected chi connectivity index (χ2v) is 9.72. The first-order valence-electron chi connectivity index (χ1n) is 13.2. The number of anilines is 2. The third-order valence-corrected chi connectivity index (χ3v) is 7.31. The van der Waals surface area contributed by atoms with Gasteiger partial charge in [-0.3, -0.25) is 9.69 Å². The maximum Gasteiger partial charge on any atom is 0.253 e. The van der Waals surface area contributed by atoms with Crippen molar-refractivity contribution in [3.05, 3.63) is 54.2 Å². The Hall–Kier alpha value is -2.60. The van der Waals surface area contributed by atoms with Crippen LogP contribution in [0.5, 0.6) is 0 Å². The van der Waals surface area contributed by atoms with Crippen LogP contribution in [0.1, 0.15) is 49.9 Å². The maximum absolute atomic E-state index is 13.2. The number of carbonyl (C=O) groups is 1. The van der Waals surface area contributed by atoms with Crippen LogP contribution in [0.15, 0.2) is 48.7 Å². The lowest BCUT2D eigenvalue weighted by atomic mass is 9.96. The Morgan fingerprint density at radius 2 is 1.82 bits per heavy atom. The Kier molecular flexibility index (Phi) is 8.80. The van der Waals surface area contributed by atoms with Crippen LogP contribution in [0.4, 0.5) is 11.5 Å². The van der Waals surface area contributed by atoms with Crippen molar-refractivity contribution in [3.63, 3.8) is 0 Å². The molecule has 0 saturated carbocycles. The molecule has 2 aliphatic rings. The van der Waals surface area contributed by atoms with Crippen LogP contribution in [0.25, 0.3) is 0 Å². The summed E-state index contributed by atoms with van der Waals surface area (Å²) in [6.45, 7) is 13.5. The van der Waals surface area contributed by atoms with Gasteiger partial charge >= 0.3 is 0 Å². The van der Waals surface area contributed by atoms with Crippen molar-refractivity contribution >= 4 is 17.4 Å². The molecule has 34 heavy (non-hydrogen) atoms. The quantitative estimate of drug-likeness (QED) is 0.552. The van der Waals surface area contributed by atoms with Gasteiger partial charge in [-0.15, -0.1) is 0 Å². The summed E-state index contributed by atoms with van der Waals surface area (Å²) in [6, 6.07) is 14.4. The molecule has 2 aliphatic heterocycles. The lowest BCUT2D eigenvalue weighted by molar-refractivity contribution is 0.0637. The fourth-order valence-corrected chi connectivity index (χ4v) is 5.28. The average Bonchev–Trinajstić information content (AvgIpc) is 2.90. The number of pyridine rings is 1. The van der Waals surface area contributed by atoms with E-state index < -0.39 is 0 Å². The number of rotatable bonds is 9. The number of carbonyl (C=O) groups excluding carboxylic acids is 1. The molecule has 2 saturated heterocycles. The van der Waals surface area contributed by atoms with Crippen molar-refractivity contribution in [2.45, 2.75) is 39.5 Å². The van der Waals surface area contributed by atoms with E-state index in [0.717, 1.165) is 76.7 Å². The van der Waals surface area contributed by atoms with Crippen molar-refractivity contribution in [1.29, 1.82) is 0 Å². The molecule has 1 aromatic heterocycles. The predicted molar refractivity (Wildman–Crippen MR) is 141 cm³/mol. The van der Waals surface area contributed by atoms with Crippen LogP contribution < -0.4 is 9.80 Å². The van der Waals surface area contributed by atoms with Gasteiger partial charge in [0.1, 0.15) is 5.82 Å². The highest BCUT2D eigenvalue weighted by atomic mass is 16.2. The zero-order chi connectivity index (χ0) is 23.8. The summed E-state index contributed by atoms with van der Waals surface area (Å²) < 4.78 is 0. The number of aromatic nitrogens is 1. The predicted octanol–water partition coefficient (Wildman–Crippen LogP) is 4.38. The van der Waals surface area contributed by atoms with E-state index in [4.69, 9.17) is 0 Å². The van der Waals surface area contributed by atoms with Gasteiger partial charge in [0.15, 0.2) is 0 Å². The average molecular weight is 464 g/mol. The largest absolute Gasteiger partial charge is 0.372 e. The van der Waals surface area contributed by atoms with Crippen molar-refractivity contribution in [3.8, 4) is 0 Å². The number of nitrogens with zero attached hydrogens (tertiary/aromatic N) is 5. The standard InChI is InChI=1S/C28H41N5O/c1-3-5-16-31(4-2)26-13-11-25(12-14-26)28(34)33-17-8-9-24(23-33)22-30-18-20-32(21-19-30)27-10-6-7-15-29-27/h6-7,10-15,24H,3-5,8-9,16-23H2,1-2H3. The molecule has 6 nitrogen and oxygen atoms in total. The first kappa shape index (κ1) is 24.5. The molecule has 6 heteroatoms. The van der Waals surface area contributed by atoms with E-state index in [-0.39, 0.29) is 5.91 Å². The fourth-order valence-electron chi connectivity index (χ4n) is 5.28. The molecule has 4 rings (SSSR count). The van der Waals surface area contributed by atoms with E-state index in [2.05, 4.69) is 62.7 Å². The molecule has 1 atom stereocenters. The molecule has 0 aliphatic carbocycles. The molecule has 0 bridgehead atoms. The molecule has 1 amide bonds.